The van der Waals surface area contributed by atoms with Gasteiger partial charge in [-0.1, -0.05) is 29.8 Å². The van der Waals surface area contributed by atoms with Gasteiger partial charge in [-0.15, -0.1) is 0 Å². The molecular weight excluding hydrogens is 265 g/mol. The van der Waals surface area contributed by atoms with Crippen molar-refractivity contribution in [2.75, 3.05) is 13.7 Å². The van der Waals surface area contributed by atoms with E-state index in [4.69, 9.17) is 10.5 Å². The maximum absolute atomic E-state index is 13.3. The third-order valence-electron chi connectivity index (χ3n) is 3.69. The molecule has 1 unspecified atom stereocenters. The second-order valence-corrected chi connectivity index (χ2v) is 5.46. The normalized spacial score (nSPS) is 12.2. The zero-order valence-corrected chi connectivity index (χ0v) is 12.6. The number of rotatable bonds is 6. The molecule has 0 saturated carbocycles. The molecule has 1 atom stereocenters. The van der Waals surface area contributed by atoms with Gasteiger partial charge in [-0.2, -0.15) is 0 Å². The van der Waals surface area contributed by atoms with E-state index in [2.05, 4.69) is 13.0 Å². The first-order valence-electron chi connectivity index (χ1n) is 7.20. The largest absolute Gasteiger partial charge is 0.496 e. The lowest BCUT2D eigenvalue weighted by Crippen LogP contribution is -2.19. The van der Waals surface area contributed by atoms with E-state index in [9.17, 15) is 4.39 Å². The molecule has 0 aliphatic heterocycles. The highest BCUT2D eigenvalue weighted by atomic mass is 19.1. The summed E-state index contributed by atoms with van der Waals surface area (Å²) >= 11 is 0. The van der Waals surface area contributed by atoms with E-state index < -0.39 is 0 Å². The maximum Gasteiger partial charge on any atom is 0.123 e. The Morgan fingerprint density at radius 1 is 1.14 bits per heavy atom. The van der Waals surface area contributed by atoms with Crippen LogP contribution in [0.1, 0.15) is 16.7 Å². The van der Waals surface area contributed by atoms with Gasteiger partial charge in [-0.25, -0.2) is 4.39 Å². The third-order valence-corrected chi connectivity index (χ3v) is 3.69. The van der Waals surface area contributed by atoms with Gasteiger partial charge in [-0.05, 0) is 61.6 Å². The van der Waals surface area contributed by atoms with Gasteiger partial charge in [0.2, 0.25) is 0 Å². The average molecular weight is 287 g/mol. The van der Waals surface area contributed by atoms with Crippen molar-refractivity contribution in [3.63, 3.8) is 0 Å². The van der Waals surface area contributed by atoms with E-state index >= 15 is 0 Å². The fraction of sp³-hybridized carbons (Fsp3) is 0.333. The molecule has 21 heavy (non-hydrogen) atoms. The van der Waals surface area contributed by atoms with Crippen molar-refractivity contribution in [3.05, 3.63) is 65.0 Å². The van der Waals surface area contributed by atoms with Gasteiger partial charge in [0.25, 0.3) is 0 Å². The van der Waals surface area contributed by atoms with Crippen LogP contribution in [0.5, 0.6) is 5.75 Å². The molecule has 2 aromatic carbocycles. The first kappa shape index (κ1) is 15.5. The summed E-state index contributed by atoms with van der Waals surface area (Å²) in [5.41, 5.74) is 9.24. The molecule has 3 heteroatoms. The van der Waals surface area contributed by atoms with Crippen LogP contribution < -0.4 is 10.5 Å². The minimum atomic E-state index is -0.198. The van der Waals surface area contributed by atoms with E-state index in [1.165, 1.54) is 11.6 Å². The summed E-state index contributed by atoms with van der Waals surface area (Å²) in [4.78, 5) is 0. The van der Waals surface area contributed by atoms with E-state index in [-0.39, 0.29) is 11.7 Å². The van der Waals surface area contributed by atoms with Gasteiger partial charge in [-0.3, -0.25) is 0 Å². The summed E-state index contributed by atoms with van der Waals surface area (Å²) in [5.74, 6) is 0.956. The van der Waals surface area contributed by atoms with Gasteiger partial charge >= 0.3 is 0 Å². The number of halogens is 1. The van der Waals surface area contributed by atoms with Crippen LogP contribution in [0.15, 0.2) is 42.5 Å². The van der Waals surface area contributed by atoms with Crippen molar-refractivity contribution in [2.24, 2.45) is 11.7 Å². The zero-order chi connectivity index (χ0) is 15.2. The monoisotopic (exact) mass is 287 g/mol. The van der Waals surface area contributed by atoms with E-state index in [1.807, 2.05) is 18.2 Å². The predicted molar refractivity (Wildman–Crippen MR) is 84.1 cm³/mol. The highest BCUT2D eigenvalue weighted by molar-refractivity contribution is 5.37. The van der Waals surface area contributed by atoms with Crippen molar-refractivity contribution in [3.8, 4) is 5.75 Å². The molecule has 0 saturated heterocycles. The smallest absolute Gasteiger partial charge is 0.123 e. The molecule has 0 radical (unpaired) electrons. The molecule has 112 valence electrons. The fourth-order valence-corrected chi connectivity index (χ4v) is 2.61. The van der Waals surface area contributed by atoms with E-state index in [0.717, 1.165) is 29.7 Å². The Bertz CT molecular complexity index is 598. The molecule has 0 amide bonds. The molecule has 0 heterocycles. The van der Waals surface area contributed by atoms with Crippen LogP contribution in [-0.4, -0.2) is 13.7 Å². The SMILES string of the molecule is COc1ccc(C)cc1CC(CN)Cc1cccc(F)c1. The van der Waals surface area contributed by atoms with Gasteiger partial charge in [0, 0.05) is 0 Å². The highest BCUT2D eigenvalue weighted by Crippen LogP contribution is 2.24. The molecule has 0 aromatic heterocycles. The molecule has 2 nitrogen and oxygen atoms in total. The van der Waals surface area contributed by atoms with Crippen molar-refractivity contribution in [1.82, 2.24) is 0 Å². The molecule has 0 aliphatic carbocycles. The predicted octanol–water partition coefficient (Wildman–Crippen LogP) is 3.50. The van der Waals surface area contributed by atoms with Crippen LogP contribution >= 0.6 is 0 Å². The van der Waals surface area contributed by atoms with Crippen molar-refractivity contribution < 1.29 is 9.13 Å². The van der Waals surface area contributed by atoms with Crippen LogP contribution in [0.4, 0.5) is 4.39 Å². The molecule has 2 N–H and O–H groups in total. The topological polar surface area (TPSA) is 35.2 Å². The Morgan fingerprint density at radius 3 is 2.62 bits per heavy atom. The van der Waals surface area contributed by atoms with Gasteiger partial charge in [0.05, 0.1) is 7.11 Å². The Morgan fingerprint density at radius 2 is 1.95 bits per heavy atom. The molecule has 2 rings (SSSR count). The molecular formula is C18H22FNO. The second kappa shape index (κ2) is 7.23. The van der Waals surface area contributed by atoms with Crippen LogP contribution in [-0.2, 0) is 12.8 Å². The number of hydrogen-bond donors (Lipinski definition) is 1. The summed E-state index contributed by atoms with van der Waals surface area (Å²) in [6.07, 6.45) is 1.60. The van der Waals surface area contributed by atoms with E-state index in [1.54, 1.807) is 19.2 Å². The lowest BCUT2D eigenvalue weighted by atomic mass is 9.91. The first-order valence-corrected chi connectivity index (χ1v) is 7.20. The zero-order valence-electron chi connectivity index (χ0n) is 12.6. The van der Waals surface area contributed by atoms with Crippen molar-refractivity contribution in [2.45, 2.75) is 19.8 Å². The lowest BCUT2D eigenvalue weighted by molar-refractivity contribution is 0.403. The number of ether oxygens (including phenoxy) is 1. The summed E-state index contributed by atoms with van der Waals surface area (Å²) < 4.78 is 18.7. The molecule has 0 aliphatic rings. The number of benzene rings is 2. The number of methoxy groups -OCH3 is 1. The van der Waals surface area contributed by atoms with Crippen LogP contribution in [0.25, 0.3) is 0 Å². The summed E-state index contributed by atoms with van der Waals surface area (Å²) in [5, 5.41) is 0. The van der Waals surface area contributed by atoms with Gasteiger partial charge in [0.1, 0.15) is 11.6 Å². The minimum Gasteiger partial charge on any atom is -0.496 e. The molecule has 0 bridgehead atoms. The molecule has 0 fully saturated rings. The molecule has 0 spiro atoms. The highest BCUT2D eigenvalue weighted by Gasteiger charge is 2.13. The quantitative estimate of drug-likeness (QED) is 0.882. The van der Waals surface area contributed by atoms with E-state index in [0.29, 0.717) is 6.54 Å². The first-order chi connectivity index (χ1) is 10.1. The Balaban J connectivity index is 2.14. The summed E-state index contributed by atoms with van der Waals surface area (Å²) in [6.45, 7) is 2.63. The Kier molecular flexibility index (Phi) is 5.34. The van der Waals surface area contributed by atoms with Crippen molar-refractivity contribution >= 4 is 0 Å². The van der Waals surface area contributed by atoms with Crippen LogP contribution in [0, 0.1) is 18.7 Å². The van der Waals surface area contributed by atoms with Gasteiger partial charge < -0.3 is 10.5 Å². The number of hydrogen-bond acceptors (Lipinski definition) is 2. The third kappa shape index (κ3) is 4.30. The van der Waals surface area contributed by atoms with Gasteiger partial charge in [0.15, 0.2) is 0 Å². The molecule has 2 aromatic rings. The maximum atomic E-state index is 13.3. The summed E-state index contributed by atoms with van der Waals surface area (Å²) in [7, 11) is 1.68. The average Bonchev–Trinajstić information content (AvgIpc) is 2.47. The number of aryl methyl sites for hydroxylation is 1. The minimum absolute atomic E-state index is 0.198. The second-order valence-electron chi connectivity index (χ2n) is 5.46. The summed E-state index contributed by atoms with van der Waals surface area (Å²) in [6, 6.07) is 12.9. The Labute approximate surface area is 125 Å². The standard InChI is InChI=1S/C18H22FNO/c1-13-6-7-18(21-2)16(8-13)10-15(12-20)9-14-4-3-5-17(19)11-14/h3-8,11,15H,9-10,12,20H2,1-2H3. The fourth-order valence-electron chi connectivity index (χ4n) is 2.61. The van der Waals surface area contributed by atoms with Crippen molar-refractivity contribution in [1.29, 1.82) is 0 Å². The van der Waals surface area contributed by atoms with Crippen LogP contribution in [0.2, 0.25) is 0 Å². The Hall–Kier alpha value is -1.87. The van der Waals surface area contributed by atoms with Crippen LogP contribution in [0.3, 0.4) is 0 Å². The lowest BCUT2D eigenvalue weighted by Gasteiger charge is -2.17. The number of nitrogens with two attached hydrogens (primary N) is 1.